The zero-order chi connectivity index (χ0) is 13.2. The lowest BCUT2D eigenvalue weighted by molar-refractivity contribution is -0.144. The highest BCUT2D eigenvalue weighted by molar-refractivity contribution is 5.41. The molecule has 0 amide bonds. The molecule has 0 aliphatic rings. The molecule has 0 radical (unpaired) electrons. The van der Waals surface area contributed by atoms with Crippen LogP contribution in [0.2, 0.25) is 0 Å². The molecule has 0 fully saturated rings. The van der Waals surface area contributed by atoms with Gasteiger partial charge in [0.05, 0.1) is 18.1 Å². The Labute approximate surface area is 91.7 Å². The number of aromatic nitrogens is 1. The highest BCUT2D eigenvalue weighted by Gasteiger charge is 2.39. The predicted octanol–water partition coefficient (Wildman–Crippen LogP) is 2.32. The van der Waals surface area contributed by atoms with Gasteiger partial charge in [-0.05, 0) is 0 Å². The van der Waals surface area contributed by atoms with E-state index in [0.29, 0.717) is 0 Å². The summed E-state index contributed by atoms with van der Waals surface area (Å²) in [5.74, 6) is -3.64. The average molecular weight is 247 g/mol. The lowest BCUT2D eigenvalue weighted by Crippen LogP contribution is -2.16. The maximum atomic E-state index is 13.3. The smallest absolute Gasteiger partial charge is 0.212 e. The van der Waals surface area contributed by atoms with E-state index < -0.39 is 41.2 Å². The van der Waals surface area contributed by atoms with Crippen molar-refractivity contribution in [1.29, 1.82) is 10.5 Å². The van der Waals surface area contributed by atoms with E-state index in [1.54, 1.807) is 0 Å². The summed E-state index contributed by atoms with van der Waals surface area (Å²) in [6.45, 7) is 0. The Morgan fingerprint density at radius 3 is 2.18 bits per heavy atom. The molecule has 0 bridgehead atoms. The van der Waals surface area contributed by atoms with Crippen LogP contribution in [0.1, 0.15) is 16.8 Å². The third-order valence-corrected chi connectivity index (χ3v) is 1.82. The van der Waals surface area contributed by atoms with Crippen molar-refractivity contribution < 1.29 is 22.0 Å². The van der Waals surface area contributed by atoms with Gasteiger partial charge in [-0.25, -0.2) is 9.37 Å². The van der Waals surface area contributed by atoms with Crippen molar-refractivity contribution in [1.82, 2.24) is 4.98 Å². The first-order valence-electron chi connectivity index (χ1n) is 4.05. The Kier molecular flexibility index (Phi) is 3.28. The average Bonchev–Trinajstić information content (AvgIpc) is 2.22. The normalized spacial score (nSPS) is 10.8. The standard InChI is InChI=1S/C9H2F5N3/c10-6-5(3-16)4(1-2-15)8(11)17-7(6)9(12,13)14/h1H2. The Morgan fingerprint density at radius 1 is 1.18 bits per heavy atom. The van der Waals surface area contributed by atoms with Crippen LogP contribution in [0.5, 0.6) is 0 Å². The molecule has 0 saturated carbocycles. The van der Waals surface area contributed by atoms with E-state index in [1.807, 2.05) is 0 Å². The minimum absolute atomic E-state index is 0.739. The molecule has 0 spiro atoms. The van der Waals surface area contributed by atoms with Crippen molar-refractivity contribution in [3.8, 4) is 12.1 Å². The number of rotatable bonds is 1. The van der Waals surface area contributed by atoms with E-state index >= 15 is 0 Å². The summed E-state index contributed by atoms with van der Waals surface area (Å²) in [6.07, 6.45) is -5.95. The number of nitriles is 2. The van der Waals surface area contributed by atoms with Crippen LogP contribution >= 0.6 is 0 Å². The minimum atomic E-state index is -5.21. The van der Waals surface area contributed by atoms with Gasteiger partial charge in [0.15, 0.2) is 11.5 Å². The van der Waals surface area contributed by atoms with E-state index in [4.69, 9.17) is 10.5 Å². The van der Waals surface area contributed by atoms with Crippen LogP contribution in [-0.4, -0.2) is 4.98 Å². The fourth-order valence-corrected chi connectivity index (χ4v) is 1.11. The number of halogens is 5. The molecule has 1 aromatic rings. The molecule has 3 nitrogen and oxygen atoms in total. The van der Waals surface area contributed by atoms with Crippen LogP contribution in [-0.2, 0) is 12.6 Å². The van der Waals surface area contributed by atoms with Gasteiger partial charge >= 0.3 is 6.18 Å². The van der Waals surface area contributed by atoms with Crippen molar-refractivity contribution in [2.45, 2.75) is 12.6 Å². The van der Waals surface area contributed by atoms with Crippen molar-refractivity contribution in [3.63, 3.8) is 0 Å². The fraction of sp³-hybridized carbons (Fsp3) is 0.222. The first-order valence-corrected chi connectivity index (χ1v) is 4.05. The molecule has 0 aliphatic carbocycles. The molecule has 17 heavy (non-hydrogen) atoms. The molecule has 1 aromatic heterocycles. The molecule has 0 aliphatic heterocycles. The van der Waals surface area contributed by atoms with Crippen LogP contribution < -0.4 is 0 Å². The summed E-state index contributed by atoms with van der Waals surface area (Å²) in [4.78, 5) is 2.40. The van der Waals surface area contributed by atoms with E-state index in [-0.39, 0.29) is 0 Å². The minimum Gasteiger partial charge on any atom is -0.212 e. The van der Waals surface area contributed by atoms with E-state index in [1.165, 1.54) is 6.07 Å². The molecule has 0 atom stereocenters. The Bertz CT molecular complexity index is 536. The molecule has 88 valence electrons. The van der Waals surface area contributed by atoms with Gasteiger partial charge in [0.1, 0.15) is 6.07 Å². The highest BCUT2D eigenvalue weighted by atomic mass is 19.4. The molecule has 0 N–H and O–H groups in total. The fourth-order valence-electron chi connectivity index (χ4n) is 1.11. The van der Waals surface area contributed by atoms with Crippen molar-refractivity contribution in [2.75, 3.05) is 0 Å². The van der Waals surface area contributed by atoms with Gasteiger partial charge in [0.25, 0.3) is 0 Å². The van der Waals surface area contributed by atoms with Gasteiger partial charge in [-0.15, -0.1) is 0 Å². The van der Waals surface area contributed by atoms with Crippen LogP contribution in [0.3, 0.4) is 0 Å². The van der Waals surface area contributed by atoms with E-state index in [2.05, 4.69) is 4.98 Å². The molecular formula is C9H2F5N3. The van der Waals surface area contributed by atoms with Crippen LogP contribution in [0, 0.1) is 34.4 Å². The van der Waals surface area contributed by atoms with E-state index in [9.17, 15) is 22.0 Å². The highest BCUT2D eigenvalue weighted by Crippen LogP contribution is 2.32. The lowest BCUT2D eigenvalue weighted by atomic mass is 10.1. The summed E-state index contributed by atoms with van der Waals surface area (Å²) >= 11 is 0. The number of alkyl halides is 3. The molecule has 0 saturated heterocycles. The molecule has 0 aromatic carbocycles. The molecule has 0 unspecified atom stereocenters. The van der Waals surface area contributed by atoms with Gasteiger partial charge < -0.3 is 0 Å². The second-order valence-electron chi connectivity index (χ2n) is 2.86. The van der Waals surface area contributed by atoms with Crippen LogP contribution in [0.25, 0.3) is 0 Å². The number of pyridine rings is 1. The predicted molar refractivity (Wildman–Crippen MR) is 43.2 cm³/mol. The molecule has 1 heterocycles. The van der Waals surface area contributed by atoms with E-state index in [0.717, 1.165) is 6.07 Å². The molecule has 8 heteroatoms. The van der Waals surface area contributed by atoms with Crippen LogP contribution in [0.4, 0.5) is 22.0 Å². The van der Waals surface area contributed by atoms with Gasteiger partial charge in [-0.2, -0.15) is 28.1 Å². The monoisotopic (exact) mass is 247 g/mol. The second-order valence-corrected chi connectivity index (χ2v) is 2.86. The van der Waals surface area contributed by atoms with Crippen molar-refractivity contribution >= 4 is 0 Å². The van der Waals surface area contributed by atoms with Gasteiger partial charge in [-0.3, -0.25) is 0 Å². The zero-order valence-electron chi connectivity index (χ0n) is 7.94. The quantitative estimate of drug-likeness (QED) is 0.565. The summed E-state index contributed by atoms with van der Waals surface area (Å²) in [5, 5.41) is 16.8. The number of nitrogens with zero attached hydrogens (tertiary/aromatic N) is 3. The first kappa shape index (κ1) is 12.8. The Hall–Kier alpha value is -2.22. The van der Waals surface area contributed by atoms with Gasteiger partial charge in [-0.1, -0.05) is 0 Å². The van der Waals surface area contributed by atoms with Crippen LogP contribution in [0.15, 0.2) is 0 Å². The third kappa shape index (κ3) is 2.31. The number of hydrogen-bond donors (Lipinski definition) is 0. The number of hydrogen-bond acceptors (Lipinski definition) is 3. The summed E-state index contributed by atoms with van der Waals surface area (Å²) < 4.78 is 63.0. The summed E-state index contributed by atoms with van der Waals surface area (Å²) in [7, 11) is 0. The maximum Gasteiger partial charge on any atom is 0.436 e. The van der Waals surface area contributed by atoms with Crippen molar-refractivity contribution in [2.24, 2.45) is 0 Å². The zero-order valence-corrected chi connectivity index (χ0v) is 7.94. The summed E-state index contributed by atoms with van der Waals surface area (Å²) in [5.41, 5.74) is -4.03. The molecular weight excluding hydrogens is 245 g/mol. The van der Waals surface area contributed by atoms with Crippen molar-refractivity contribution in [3.05, 3.63) is 28.6 Å². The first-order chi connectivity index (χ1) is 7.82. The lowest BCUT2D eigenvalue weighted by Gasteiger charge is -2.10. The Morgan fingerprint density at radius 2 is 1.76 bits per heavy atom. The SMILES string of the molecule is N#CCc1c(F)nc(C(F)(F)F)c(F)c1C#N. The summed E-state index contributed by atoms with van der Waals surface area (Å²) in [6, 6.07) is 2.50. The topological polar surface area (TPSA) is 60.5 Å². The molecule has 1 rings (SSSR count). The van der Waals surface area contributed by atoms with Gasteiger partial charge in [0.2, 0.25) is 5.95 Å². The second kappa shape index (κ2) is 4.34. The largest absolute Gasteiger partial charge is 0.436 e. The van der Waals surface area contributed by atoms with Gasteiger partial charge in [0, 0.05) is 5.56 Å². The maximum absolute atomic E-state index is 13.3. The Balaban J connectivity index is 3.61. The third-order valence-electron chi connectivity index (χ3n) is 1.82.